The molecule has 1 aromatic heterocycles. The molecule has 0 aromatic carbocycles. The van der Waals surface area contributed by atoms with E-state index in [4.69, 9.17) is 0 Å². The lowest BCUT2D eigenvalue weighted by molar-refractivity contribution is -0.118. The van der Waals surface area contributed by atoms with E-state index in [-0.39, 0.29) is 24.6 Å². The second-order valence-corrected chi connectivity index (χ2v) is 7.94. The Kier molecular flexibility index (Phi) is 5.24. The van der Waals surface area contributed by atoms with E-state index in [9.17, 15) is 15.2 Å². The van der Waals surface area contributed by atoms with E-state index in [0.717, 1.165) is 57.1 Å². The number of nitriles is 1. The van der Waals surface area contributed by atoms with Crippen LogP contribution in [0.15, 0.2) is 0 Å². The summed E-state index contributed by atoms with van der Waals surface area (Å²) in [5, 5.41) is 22.9. The second-order valence-electron chi connectivity index (χ2n) is 6.84. The number of hydrogen-bond donors (Lipinski definition) is 2. The summed E-state index contributed by atoms with van der Waals surface area (Å²) < 4.78 is 0. The van der Waals surface area contributed by atoms with Gasteiger partial charge in [0.2, 0.25) is 5.91 Å². The zero-order valence-electron chi connectivity index (χ0n) is 14.2. The van der Waals surface area contributed by atoms with Gasteiger partial charge in [0.25, 0.3) is 0 Å². The zero-order chi connectivity index (χ0) is 17.2. The van der Waals surface area contributed by atoms with E-state index in [0.29, 0.717) is 10.6 Å². The average molecular weight is 347 g/mol. The van der Waals surface area contributed by atoms with E-state index >= 15 is 0 Å². The van der Waals surface area contributed by atoms with E-state index in [2.05, 4.69) is 23.2 Å². The smallest absolute Gasteiger partial charge is 0.239 e. The predicted molar refractivity (Wildman–Crippen MR) is 95.2 cm³/mol. The number of thiophene rings is 1. The summed E-state index contributed by atoms with van der Waals surface area (Å²) in [5.41, 5.74) is 1.54. The van der Waals surface area contributed by atoms with Gasteiger partial charge in [0.05, 0.1) is 18.7 Å². The molecule has 2 aliphatic rings. The van der Waals surface area contributed by atoms with Crippen molar-refractivity contribution in [2.75, 3.05) is 25.0 Å². The van der Waals surface area contributed by atoms with Crippen molar-refractivity contribution in [2.24, 2.45) is 0 Å². The number of nitrogens with zero attached hydrogens (tertiary/aromatic N) is 2. The van der Waals surface area contributed by atoms with Crippen LogP contribution in [0.4, 0.5) is 5.00 Å². The summed E-state index contributed by atoms with van der Waals surface area (Å²) in [4.78, 5) is 15.9. The second kappa shape index (κ2) is 7.22. The monoisotopic (exact) mass is 347 g/mol. The molecule has 1 aliphatic carbocycles. The molecule has 1 fully saturated rings. The van der Waals surface area contributed by atoms with Crippen molar-refractivity contribution in [3.8, 4) is 6.07 Å². The van der Waals surface area contributed by atoms with Gasteiger partial charge in [-0.1, -0.05) is 6.92 Å². The Morgan fingerprint density at radius 1 is 1.42 bits per heavy atom. The molecular formula is C18H25N3O2S. The molecule has 1 aliphatic heterocycles. The van der Waals surface area contributed by atoms with Crippen molar-refractivity contribution < 1.29 is 9.90 Å². The number of nitrogens with one attached hydrogen (secondary N) is 1. The molecule has 6 heteroatoms. The summed E-state index contributed by atoms with van der Waals surface area (Å²) in [6, 6.07) is 2.28. The predicted octanol–water partition coefficient (Wildman–Crippen LogP) is 2.67. The molecule has 0 bridgehead atoms. The first kappa shape index (κ1) is 17.4. The third-order valence-electron chi connectivity index (χ3n) is 5.56. The molecule has 1 amide bonds. The first-order chi connectivity index (χ1) is 11.6. The maximum Gasteiger partial charge on any atom is 0.239 e. The van der Waals surface area contributed by atoms with Gasteiger partial charge < -0.3 is 10.4 Å². The number of aliphatic hydroxyl groups excluding tert-OH is 1. The van der Waals surface area contributed by atoms with E-state index < -0.39 is 0 Å². The molecule has 1 aromatic rings. The van der Waals surface area contributed by atoms with Crippen LogP contribution < -0.4 is 5.32 Å². The lowest BCUT2D eigenvalue weighted by atomic mass is 9.94. The Morgan fingerprint density at radius 2 is 2.21 bits per heavy atom. The Labute approximate surface area is 147 Å². The minimum absolute atomic E-state index is 0.0849. The number of rotatable bonds is 5. The fourth-order valence-electron chi connectivity index (χ4n) is 4.04. The van der Waals surface area contributed by atoms with Crippen molar-refractivity contribution in [3.63, 3.8) is 0 Å². The number of fused-ring (bicyclic) bond motifs is 1. The molecule has 130 valence electrons. The van der Waals surface area contributed by atoms with Crippen LogP contribution in [0, 0.1) is 11.3 Å². The van der Waals surface area contributed by atoms with Crippen LogP contribution in [0.2, 0.25) is 0 Å². The van der Waals surface area contributed by atoms with Crippen molar-refractivity contribution >= 4 is 22.2 Å². The first-order valence-corrected chi connectivity index (χ1v) is 9.65. The minimum Gasteiger partial charge on any atom is -0.394 e. The van der Waals surface area contributed by atoms with Crippen molar-refractivity contribution in [3.05, 3.63) is 16.0 Å². The van der Waals surface area contributed by atoms with Gasteiger partial charge in [-0.25, -0.2) is 0 Å². The number of hydrogen-bond acceptors (Lipinski definition) is 5. The van der Waals surface area contributed by atoms with Crippen LogP contribution in [0.1, 0.15) is 55.0 Å². The number of aliphatic hydroxyl groups is 1. The molecule has 2 heterocycles. The maximum absolute atomic E-state index is 12.5. The van der Waals surface area contributed by atoms with Crippen molar-refractivity contribution in [2.45, 2.75) is 57.4 Å². The summed E-state index contributed by atoms with van der Waals surface area (Å²) in [5.74, 6) is -0.0849. The summed E-state index contributed by atoms with van der Waals surface area (Å²) in [7, 11) is 0. The number of aryl methyl sites for hydroxylation is 1. The lowest BCUT2D eigenvalue weighted by Gasteiger charge is -2.35. The van der Waals surface area contributed by atoms with Gasteiger partial charge >= 0.3 is 0 Å². The minimum atomic E-state index is -0.260. The summed E-state index contributed by atoms with van der Waals surface area (Å²) in [6.45, 7) is 3.27. The third kappa shape index (κ3) is 3.08. The number of amides is 1. The molecule has 1 atom stereocenters. The van der Waals surface area contributed by atoms with Crippen LogP contribution in [-0.4, -0.2) is 41.1 Å². The summed E-state index contributed by atoms with van der Waals surface area (Å²) >= 11 is 1.56. The molecule has 0 spiro atoms. The zero-order valence-corrected chi connectivity index (χ0v) is 15.0. The highest BCUT2D eigenvalue weighted by Gasteiger charge is 2.39. The Balaban J connectivity index is 1.72. The standard InChI is InChI=1S/C18H25N3O2S/c1-2-18(12-22)8-5-9-21(18)11-16(23)20-17-14(10-19)13-6-3-4-7-15(13)24-17/h22H,2-9,11-12H2,1H3,(H,20,23)/t18-/m1/s1. The molecule has 3 rings (SSSR count). The highest BCUT2D eigenvalue weighted by molar-refractivity contribution is 7.16. The third-order valence-corrected chi connectivity index (χ3v) is 6.77. The van der Waals surface area contributed by atoms with Crippen LogP contribution in [0.25, 0.3) is 0 Å². The molecule has 2 N–H and O–H groups in total. The normalized spacial score (nSPS) is 23.7. The number of carbonyl (C=O) groups is 1. The molecular weight excluding hydrogens is 322 g/mol. The van der Waals surface area contributed by atoms with Crippen LogP contribution in [-0.2, 0) is 17.6 Å². The maximum atomic E-state index is 12.5. The van der Waals surface area contributed by atoms with Gasteiger partial charge in [0.1, 0.15) is 11.1 Å². The van der Waals surface area contributed by atoms with Crippen LogP contribution >= 0.6 is 11.3 Å². The van der Waals surface area contributed by atoms with E-state index in [1.54, 1.807) is 11.3 Å². The van der Waals surface area contributed by atoms with E-state index in [1.165, 1.54) is 4.88 Å². The average Bonchev–Trinajstić information content (AvgIpc) is 3.15. The molecule has 1 saturated heterocycles. The molecule has 0 unspecified atom stereocenters. The van der Waals surface area contributed by atoms with Gasteiger partial charge in [0, 0.05) is 10.4 Å². The quantitative estimate of drug-likeness (QED) is 0.858. The molecule has 24 heavy (non-hydrogen) atoms. The topological polar surface area (TPSA) is 76.4 Å². The fourth-order valence-corrected chi connectivity index (χ4v) is 5.30. The number of carbonyl (C=O) groups excluding carboxylic acids is 1. The number of likely N-dealkylation sites (tertiary alicyclic amines) is 1. The number of anilines is 1. The van der Waals surface area contributed by atoms with Crippen molar-refractivity contribution in [1.82, 2.24) is 4.90 Å². The van der Waals surface area contributed by atoms with Gasteiger partial charge in [-0.3, -0.25) is 9.69 Å². The van der Waals surface area contributed by atoms with E-state index in [1.807, 2.05) is 0 Å². The lowest BCUT2D eigenvalue weighted by Crippen LogP contribution is -2.49. The van der Waals surface area contributed by atoms with Gasteiger partial charge in [0.15, 0.2) is 0 Å². The fraction of sp³-hybridized carbons (Fsp3) is 0.667. The highest BCUT2D eigenvalue weighted by Crippen LogP contribution is 2.38. The Bertz CT molecular complexity index is 658. The first-order valence-electron chi connectivity index (χ1n) is 8.84. The largest absolute Gasteiger partial charge is 0.394 e. The Morgan fingerprint density at radius 3 is 2.92 bits per heavy atom. The highest BCUT2D eigenvalue weighted by atomic mass is 32.1. The SMILES string of the molecule is CC[C@]1(CO)CCCN1CC(=O)Nc1sc2c(c1C#N)CCCC2. The van der Waals surface area contributed by atoms with Gasteiger partial charge in [-0.15, -0.1) is 11.3 Å². The van der Waals surface area contributed by atoms with Crippen molar-refractivity contribution in [1.29, 1.82) is 5.26 Å². The van der Waals surface area contributed by atoms with Gasteiger partial charge in [-0.2, -0.15) is 5.26 Å². The van der Waals surface area contributed by atoms with Gasteiger partial charge in [-0.05, 0) is 57.1 Å². The molecule has 0 radical (unpaired) electrons. The van der Waals surface area contributed by atoms with Crippen LogP contribution in [0.3, 0.4) is 0 Å². The van der Waals surface area contributed by atoms with Crippen LogP contribution in [0.5, 0.6) is 0 Å². The Hall–Kier alpha value is -1.42. The molecule has 0 saturated carbocycles. The summed E-state index contributed by atoms with van der Waals surface area (Å²) in [6.07, 6.45) is 7.03. The molecule has 5 nitrogen and oxygen atoms in total.